The van der Waals surface area contributed by atoms with Crippen molar-refractivity contribution in [3.05, 3.63) is 23.8 Å². The summed E-state index contributed by atoms with van der Waals surface area (Å²) in [6.45, 7) is 2.89. The Morgan fingerprint density at radius 1 is 1.39 bits per heavy atom. The number of ether oxygens (including phenoxy) is 1. The average Bonchev–Trinajstić information content (AvgIpc) is 2.37. The Kier molecular flexibility index (Phi) is 6.05. The van der Waals surface area contributed by atoms with E-state index in [-0.39, 0.29) is 6.42 Å². The molecule has 0 radical (unpaired) electrons. The first kappa shape index (κ1) is 14.4. The molecule has 100 valence electrons. The maximum Gasteiger partial charge on any atom is 0.303 e. The van der Waals surface area contributed by atoms with Gasteiger partial charge in [-0.05, 0) is 43.0 Å². The van der Waals surface area contributed by atoms with Crippen molar-refractivity contribution in [2.45, 2.75) is 32.6 Å². The fourth-order valence-corrected chi connectivity index (χ4v) is 1.80. The van der Waals surface area contributed by atoms with Crippen LogP contribution < -0.4 is 10.1 Å². The highest BCUT2D eigenvalue weighted by molar-refractivity contribution is 5.66. The number of hydrogen-bond acceptors (Lipinski definition) is 3. The molecule has 0 fully saturated rings. The van der Waals surface area contributed by atoms with Crippen LogP contribution in [0.1, 0.15) is 31.7 Å². The molecule has 2 N–H and O–H groups in total. The summed E-state index contributed by atoms with van der Waals surface area (Å²) in [6, 6.07) is 6.02. The molecule has 4 nitrogen and oxygen atoms in total. The molecule has 0 heterocycles. The molecule has 0 saturated heterocycles. The van der Waals surface area contributed by atoms with Crippen molar-refractivity contribution in [2.24, 2.45) is 0 Å². The molecular formula is C14H21NO3. The van der Waals surface area contributed by atoms with E-state index in [0.717, 1.165) is 30.8 Å². The van der Waals surface area contributed by atoms with E-state index in [1.807, 2.05) is 12.1 Å². The van der Waals surface area contributed by atoms with Crippen LogP contribution in [0.15, 0.2) is 18.2 Å². The molecule has 0 aliphatic carbocycles. The van der Waals surface area contributed by atoms with Gasteiger partial charge in [0, 0.05) is 18.7 Å². The first-order valence-electron chi connectivity index (χ1n) is 6.30. The van der Waals surface area contributed by atoms with Gasteiger partial charge in [-0.3, -0.25) is 4.79 Å². The fraction of sp³-hybridized carbons (Fsp3) is 0.500. The van der Waals surface area contributed by atoms with Gasteiger partial charge in [-0.15, -0.1) is 0 Å². The number of aryl methyl sites for hydroxylation is 1. The molecule has 0 saturated carbocycles. The van der Waals surface area contributed by atoms with E-state index < -0.39 is 5.97 Å². The number of nitrogens with one attached hydrogen (secondary N) is 1. The molecule has 0 unspecified atom stereocenters. The highest BCUT2D eigenvalue weighted by atomic mass is 16.5. The molecule has 0 amide bonds. The molecule has 1 aromatic rings. The zero-order valence-corrected chi connectivity index (χ0v) is 11.0. The molecular weight excluding hydrogens is 230 g/mol. The summed E-state index contributed by atoms with van der Waals surface area (Å²) >= 11 is 0. The molecule has 0 spiro atoms. The van der Waals surface area contributed by atoms with Crippen molar-refractivity contribution in [3.63, 3.8) is 0 Å². The highest BCUT2D eigenvalue weighted by Gasteiger charge is 2.02. The van der Waals surface area contributed by atoms with Gasteiger partial charge in [-0.2, -0.15) is 0 Å². The molecule has 4 heteroatoms. The van der Waals surface area contributed by atoms with Gasteiger partial charge in [-0.25, -0.2) is 0 Å². The van der Waals surface area contributed by atoms with E-state index in [4.69, 9.17) is 9.84 Å². The van der Waals surface area contributed by atoms with Crippen LogP contribution in [-0.4, -0.2) is 24.7 Å². The number of unbranched alkanes of at least 4 members (excludes halogenated alkanes) is 1. The van der Waals surface area contributed by atoms with Gasteiger partial charge in [0.2, 0.25) is 0 Å². The lowest BCUT2D eigenvalue weighted by atomic mass is 10.1. The van der Waals surface area contributed by atoms with Gasteiger partial charge < -0.3 is 15.2 Å². The fourth-order valence-electron chi connectivity index (χ4n) is 1.80. The van der Waals surface area contributed by atoms with E-state index in [0.29, 0.717) is 6.42 Å². The summed E-state index contributed by atoms with van der Waals surface area (Å²) in [7, 11) is 1.67. The molecule has 1 rings (SSSR count). The van der Waals surface area contributed by atoms with Gasteiger partial charge in [0.05, 0.1) is 7.11 Å². The smallest absolute Gasteiger partial charge is 0.303 e. The number of methoxy groups -OCH3 is 1. The Bertz CT molecular complexity index is 391. The highest BCUT2D eigenvalue weighted by Crippen LogP contribution is 2.22. The predicted octanol–water partition coefficient (Wildman–Crippen LogP) is 2.92. The number of aliphatic carboxylic acids is 1. The maximum absolute atomic E-state index is 10.4. The number of carbonyl (C=O) groups is 1. The lowest BCUT2D eigenvalue weighted by molar-refractivity contribution is -0.137. The van der Waals surface area contributed by atoms with Crippen LogP contribution in [0, 0.1) is 0 Å². The Balaban J connectivity index is 2.40. The molecule has 0 aliphatic heterocycles. The summed E-state index contributed by atoms with van der Waals surface area (Å²) < 4.78 is 5.27. The van der Waals surface area contributed by atoms with Crippen LogP contribution in [0.5, 0.6) is 5.75 Å². The van der Waals surface area contributed by atoms with Crippen molar-refractivity contribution in [3.8, 4) is 5.75 Å². The number of carboxylic acids is 1. The number of carboxylic acid groups (broad SMARTS) is 1. The Hall–Kier alpha value is -1.71. The van der Waals surface area contributed by atoms with Gasteiger partial charge in [-0.1, -0.05) is 6.92 Å². The summed E-state index contributed by atoms with van der Waals surface area (Å²) in [6.07, 6.45) is 2.74. The lowest BCUT2D eigenvalue weighted by Crippen LogP contribution is -2.04. The Labute approximate surface area is 108 Å². The molecule has 0 atom stereocenters. The van der Waals surface area contributed by atoms with E-state index in [2.05, 4.69) is 18.3 Å². The van der Waals surface area contributed by atoms with Crippen molar-refractivity contribution in [1.29, 1.82) is 0 Å². The zero-order valence-electron chi connectivity index (χ0n) is 11.0. The minimum atomic E-state index is -0.729. The summed E-state index contributed by atoms with van der Waals surface area (Å²) in [4.78, 5) is 10.4. The normalized spacial score (nSPS) is 10.1. The lowest BCUT2D eigenvalue weighted by Gasteiger charge is -2.11. The SMILES string of the molecule is CCc1cc(NCCCCC(=O)O)ccc1OC. The third kappa shape index (κ3) is 4.65. The third-order valence-electron chi connectivity index (χ3n) is 2.81. The summed E-state index contributed by atoms with van der Waals surface area (Å²) in [5.74, 6) is 0.182. The minimum Gasteiger partial charge on any atom is -0.496 e. The topological polar surface area (TPSA) is 58.6 Å². The molecule has 18 heavy (non-hydrogen) atoms. The van der Waals surface area contributed by atoms with Crippen molar-refractivity contribution < 1.29 is 14.6 Å². The number of rotatable bonds is 8. The first-order chi connectivity index (χ1) is 8.67. The average molecular weight is 251 g/mol. The van der Waals surface area contributed by atoms with Gasteiger partial charge in [0.1, 0.15) is 5.75 Å². The van der Waals surface area contributed by atoms with Crippen LogP contribution in [0.4, 0.5) is 5.69 Å². The molecule has 0 bridgehead atoms. The second kappa shape index (κ2) is 7.58. The van der Waals surface area contributed by atoms with E-state index in [1.165, 1.54) is 5.56 Å². The number of anilines is 1. The van der Waals surface area contributed by atoms with Gasteiger partial charge in [0.15, 0.2) is 0 Å². The second-order valence-electron chi connectivity index (χ2n) is 4.16. The first-order valence-corrected chi connectivity index (χ1v) is 6.30. The largest absolute Gasteiger partial charge is 0.496 e. The van der Waals surface area contributed by atoms with Crippen LogP contribution in [0.2, 0.25) is 0 Å². The quantitative estimate of drug-likeness (QED) is 0.697. The summed E-state index contributed by atoms with van der Waals surface area (Å²) in [5.41, 5.74) is 2.23. The number of hydrogen-bond donors (Lipinski definition) is 2. The number of benzene rings is 1. The van der Waals surface area contributed by atoms with Crippen molar-refractivity contribution >= 4 is 11.7 Å². The predicted molar refractivity (Wildman–Crippen MR) is 72.3 cm³/mol. The van der Waals surface area contributed by atoms with E-state index in [9.17, 15) is 4.79 Å². The molecule has 1 aromatic carbocycles. The monoisotopic (exact) mass is 251 g/mol. The Morgan fingerprint density at radius 2 is 2.17 bits per heavy atom. The van der Waals surface area contributed by atoms with E-state index >= 15 is 0 Å². The van der Waals surface area contributed by atoms with Crippen molar-refractivity contribution in [2.75, 3.05) is 19.0 Å². The van der Waals surface area contributed by atoms with E-state index in [1.54, 1.807) is 7.11 Å². The maximum atomic E-state index is 10.4. The van der Waals surface area contributed by atoms with Crippen LogP contribution in [-0.2, 0) is 11.2 Å². The molecule has 0 aromatic heterocycles. The summed E-state index contributed by atoms with van der Waals surface area (Å²) in [5, 5.41) is 11.8. The Morgan fingerprint density at radius 3 is 2.78 bits per heavy atom. The zero-order chi connectivity index (χ0) is 13.4. The van der Waals surface area contributed by atoms with Gasteiger partial charge >= 0.3 is 5.97 Å². The standard InChI is InChI=1S/C14H21NO3/c1-3-11-10-12(7-8-13(11)18-2)15-9-5-4-6-14(16)17/h7-8,10,15H,3-6,9H2,1-2H3,(H,16,17). The van der Waals surface area contributed by atoms with Crippen LogP contribution in [0.3, 0.4) is 0 Å². The van der Waals surface area contributed by atoms with Crippen molar-refractivity contribution in [1.82, 2.24) is 0 Å². The van der Waals surface area contributed by atoms with Crippen LogP contribution in [0.25, 0.3) is 0 Å². The van der Waals surface area contributed by atoms with Gasteiger partial charge in [0.25, 0.3) is 0 Å². The minimum absolute atomic E-state index is 0.241. The second-order valence-corrected chi connectivity index (χ2v) is 4.16. The third-order valence-corrected chi connectivity index (χ3v) is 2.81. The molecule has 0 aliphatic rings. The van der Waals surface area contributed by atoms with Crippen LogP contribution >= 0.6 is 0 Å².